The Bertz CT molecular complexity index is 1960. The minimum atomic E-state index is -1.97. The molecule has 0 unspecified atom stereocenters. The Balaban J connectivity index is 0.880. The molecule has 23 heteroatoms. The Hall–Kier alpha value is -1.18. The fourth-order valence-electron chi connectivity index (χ4n) is 15.5. The first-order valence-electron chi connectivity index (χ1n) is 27.0. The van der Waals surface area contributed by atoms with Crippen molar-refractivity contribution in [2.75, 3.05) is 26.4 Å². The molecule has 3 saturated carbocycles. The van der Waals surface area contributed by atoms with Gasteiger partial charge in [-0.1, -0.05) is 39.3 Å². The summed E-state index contributed by atoms with van der Waals surface area (Å²) in [6.45, 7) is 8.74. The van der Waals surface area contributed by atoms with E-state index in [0.29, 0.717) is 25.4 Å². The molecular formula is C51H82O23. The van der Waals surface area contributed by atoms with Crippen LogP contribution in [0.4, 0.5) is 0 Å². The van der Waals surface area contributed by atoms with Gasteiger partial charge < -0.3 is 114 Å². The van der Waals surface area contributed by atoms with E-state index in [1.165, 1.54) is 12.5 Å². The van der Waals surface area contributed by atoms with Crippen molar-refractivity contribution in [2.24, 2.45) is 46.3 Å². The summed E-state index contributed by atoms with van der Waals surface area (Å²) >= 11 is 0. The number of ether oxygens (including phenoxy) is 10. The fourth-order valence-corrected chi connectivity index (χ4v) is 15.5. The summed E-state index contributed by atoms with van der Waals surface area (Å²) in [6, 6.07) is 0. The number of rotatable bonds is 11. The SMILES string of the molecule is C[C@H]1CC[C@@]2(OC1)O[C@H]1[C@H](O)[C@H]3[C@@H]4CC=C5C[C@@H](O[C@@H]6O[C@H](CO)[C@H](O[C@@H]7O[C@H](CO)[C@@H](O)[C@H](O)[C@H]7O[C@@H]7O[C@H](CO)[C@@H](O)[C@H](O)[C@H]7O)[C@H](O)[C@H]6O[C@@H]6O[C@@H](C)[C@H](O)[C@@H](O)[C@H]6O)CC[C@]5(C)[C@H]4CC[C@]3(C)[C@H]1[C@@H]2C. The van der Waals surface area contributed by atoms with Gasteiger partial charge >= 0.3 is 0 Å². The lowest BCUT2D eigenvalue weighted by Crippen LogP contribution is -2.68. The highest BCUT2D eigenvalue weighted by molar-refractivity contribution is 5.27. The number of allylic oxidation sites excluding steroid dienone is 1. The Morgan fingerprint density at radius 1 is 0.554 bits per heavy atom. The molecule has 4 aliphatic carbocycles. The summed E-state index contributed by atoms with van der Waals surface area (Å²) in [5, 5.41) is 142. The van der Waals surface area contributed by atoms with E-state index in [2.05, 4.69) is 33.8 Å². The molecule has 0 radical (unpaired) electrons. The van der Waals surface area contributed by atoms with Gasteiger partial charge in [0.2, 0.25) is 0 Å². The molecule has 10 rings (SSSR count). The highest BCUT2D eigenvalue weighted by atomic mass is 16.8. The van der Waals surface area contributed by atoms with Gasteiger partial charge in [0.15, 0.2) is 30.9 Å². The maximum absolute atomic E-state index is 12.4. The van der Waals surface area contributed by atoms with Crippen LogP contribution in [0.3, 0.4) is 0 Å². The zero-order valence-corrected chi connectivity index (χ0v) is 42.7. The molecule has 6 heterocycles. The van der Waals surface area contributed by atoms with Crippen molar-refractivity contribution in [1.29, 1.82) is 0 Å². The van der Waals surface area contributed by atoms with E-state index < -0.39 is 161 Å². The van der Waals surface area contributed by atoms with Gasteiger partial charge in [0.05, 0.1) is 50.8 Å². The van der Waals surface area contributed by atoms with Crippen LogP contribution in [0.15, 0.2) is 11.6 Å². The van der Waals surface area contributed by atoms with Crippen LogP contribution in [0.2, 0.25) is 0 Å². The van der Waals surface area contributed by atoms with Crippen LogP contribution in [0.5, 0.6) is 0 Å². The molecule has 0 aromatic heterocycles. The zero-order chi connectivity index (χ0) is 53.1. The Morgan fingerprint density at radius 2 is 1.14 bits per heavy atom. The molecular weight excluding hydrogens is 981 g/mol. The average Bonchev–Trinajstić information content (AvgIpc) is 3.80. The van der Waals surface area contributed by atoms with Gasteiger partial charge in [0.25, 0.3) is 0 Å². The number of hydrogen-bond donors (Lipinski definition) is 13. The van der Waals surface area contributed by atoms with Crippen molar-refractivity contribution in [3.63, 3.8) is 0 Å². The number of hydrogen-bond acceptors (Lipinski definition) is 23. The maximum Gasteiger partial charge on any atom is 0.187 e. The van der Waals surface area contributed by atoms with Crippen molar-refractivity contribution < 1.29 is 114 Å². The number of aliphatic hydroxyl groups excluding tert-OH is 13. The van der Waals surface area contributed by atoms with Gasteiger partial charge in [-0.2, -0.15) is 0 Å². The van der Waals surface area contributed by atoms with Gasteiger partial charge in [-0.15, -0.1) is 0 Å². The van der Waals surface area contributed by atoms with E-state index in [4.69, 9.17) is 47.4 Å². The molecule has 0 aromatic carbocycles. The Labute approximate surface area is 430 Å². The van der Waals surface area contributed by atoms with Crippen LogP contribution >= 0.6 is 0 Å². The first-order chi connectivity index (χ1) is 35.1. The monoisotopic (exact) mass is 1060 g/mol. The highest BCUT2D eigenvalue weighted by Gasteiger charge is 2.72. The topological polar surface area (TPSA) is 355 Å². The van der Waals surface area contributed by atoms with Crippen LogP contribution in [0.25, 0.3) is 0 Å². The van der Waals surface area contributed by atoms with Gasteiger partial charge in [-0.25, -0.2) is 0 Å². The van der Waals surface area contributed by atoms with E-state index in [9.17, 15) is 66.4 Å². The predicted octanol–water partition coefficient (Wildman–Crippen LogP) is -2.99. The van der Waals surface area contributed by atoms with E-state index in [1.807, 2.05) is 0 Å². The molecule has 9 fully saturated rings. The Kier molecular flexibility index (Phi) is 16.2. The van der Waals surface area contributed by atoms with Crippen LogP contribution in [-0.4, -0.2) is 240 Å². The standard InChI is InChI=1S/C51H82O23/c1-19-8-13-51(65-18-19)20(2)29-42(74-51)34(58)30-24-7-6-22-14-23(9-11-49(22,4)25(24)10-12-50(29,30)5)67-47-44(73-45-38(62)35(59)31(55)21(3)66-45)40(64)41(28(17-54)70-47)71-48-43(37(61)33(57)27(16-53)69-48)72-46-39(63)36(60)32(56)26(15-52)68-46/h6,19-21,23-48,52-64H,7-18H2,1-5H3/t19-,20-,21-,23-,24+,25-,26+,27+,28+,29-,30+,31-,32+,33+,34+,35+,36-,37-,38+,39+,40-,41-,42+,43+,44+,45-,46-,47+,48-,49-,50+,51+/m0/s1. The van der Waals surface area contributed by atoms with Gasteiger partial charge in [-0.05, 0) is 86.4 Å². The average molecular weight is 1060 g/mol. The molecule has 74 heavy (non-hydrogen) atoms. The zero-order valence-electron chi connectivity index (χ0n) is 42.7. The first kappa shape index (κ1) is 56.1. The van der Waals surface area contributed by atoms with E-state index in [1.54, 1.807) is 0 Å². The third-order valence-electron chi connectivity index (χ3n) is 19.8. The van der Waals surface area contributed by atoms with Crippen molar-refractivity contribution in [3.05, 3.63) is 11.6 Å². The summed E-state index contributed by atoms with van der Waals surface area (Å²) in [4.78, 5) is 0. The van der Waals surface area contributed by atoms with Crippen molar-refractivity contribution in [2.45, 2.75) is 233 Å². The molecule has 10 aliphatic rings. The normalized spacial score (nSPS) is 57.5. The van der Waals surface area contributed by atoms with Crippen molar-refractivity contribution in [3.8, 4) is 0 Å². The van der Waals surface area contributed by atoms with Crippen LogP contribution in [0.1, 0.15) is 86.0 Å². The molecule has 0 amide bonds. The summed E-state index contributed by atoms with van der Waals surface area (Å²) < 4.78 is 61.9. The van der Waals surface area contributed by atoms with Crippen LogP contribution in [-0.2, 0) is 47.4 Å². The lowest BCUT2D eigenvalue weighted by Gasteiger charge is -2.59. The van der Waals surface area contributed by atoms with Gasteiger partial charge in [0.1, 0.15) is 91.6 Å². The van der Waals surface area contributed by atoms with Crippen molar-refractivity contribution in [1.82, 2.24) is 0 Å². The minimum absolute atomic E-state index is 0.0407. The number of fused-ring (bicyclic) bond motifs is 7. The fraction of sp³-hybridized carbons (Fsp3) is 0.961. The second-order valence-corrected chi connectivity index (χ2v) is 24.0. The summed E-state index contributed by atoms with van der Waals surface area (Å²) in [7, 11) is 0. The van der Waals surface area contributed by atoms with E-state index in [-0.39, 0.29) is 46.5 Å². The lowest BCUT2D eigenvalue weighted by molar-refractivity contribution is -0.401. The van der Waals surface area contributed by atoms with Gasteiger partial charge in [-0.3, -0.25) is 0 Å². The van der Waals surface area contributed by atoms with Gasteiger partial charge in [0, 0.05) is 18.3 Å². The molecule has 424 valence electrons. The molecule has 32 atom stereocenters. The van der Waals surface area contributed by atoms with E-state index in [0.717, 1.165) is 38.5 Å². The number of aliphatic hydroxyl groups is 13. The largest absolute Gasteiger partial charge is 0.394 e. The van der Waals surface area contributed by atoms with Crippen molar-refractivity contribution >= 4 is 0 Å². The molecule has 6 saturated heterocycles. The third kappa shape index (κ3) is 9.29. The van der Waals surface area contributed by atoms with E-state index >= 15 is 0 Å². The molecule has 0 aromatic rings. The summed E-state index contributed by atoms with van der Waals surface area (Å²) in [5.41, 5.74) is 0.843. The maximum atomic E-state index is 12.4. The van der Waals surface area contributed by atoms with Crippen LogP contribution in [0, 0.1) is 46.3 Å². The highest BCUT2D eigenvalue weighted by Crippen LogP contribution is 2.71. The lowest BCUT2D eigenvalue weighted by atomic mass is 9.46. The van der Waals surface area contributed by atoms with Crippen LogP contribution < -0.4 is 0 Å². The quantitative estimate of drug-likeness (QED) is 0.0918. The molecule has 13 N–H and O–H groups in total. The predicted molar refractivity (Wildman–Crippen MR) is 248 cm³/mol. The molecule has 0 bridgehead atoms. The second-order valence-electron chi connectivity index (χ2n) is 24.0. The first-order valence-corrected chi connectivity index (χ1v) is 27.0. The second kappa shape index (κ2) is 21.4. The molecule has 6 aliphatic heterocycles. The molecule has 23 nitrogen and oxygen atoms in total. The molecule has 1 spiro atoms. The minimum Gasteiger partial charge on any atom is -0.394 e. The Morgan fingerprint density at radius 3 is 1.78 bits per heavy atom. The third-order valence-corrected chi connectivity index (χ3v) is 19.8. The summed E-state index contributed by atoms with van der Waals surface area (Å²) in [5.74, 6) is 0.670. The summed E-state index contributed by atoms with van der Waals surface area (Å²) in [6.07, 6.45) is -26.8. The smallest absolute Gasteiger partial charge is 0.187 e.